The molecule has 3 aromatic heterocycles. The first-order valence-corrected chi connectivity index (χ1v) is 15.3. The first-order valence-electron chi connectivity index (χ1n) is 14.1. The van der Waals surface area contributed by atoms with Crippen molar-refractivity contribution in [2.75, 3.05) is 55.0 Å². The van der Waals surface area contributed by atoms with Crippen LogP contribution in [0.5, 0.6) is 0 Å². The van der Waals surface area contributed by atoms with Crippen molar-refractivity contribution in [3.05, 3.63) is 41.9 Å². The summed E-state index contributed by atoms with van der Waals surface area (Å²) in [5.74, 6) is 2.24. The van der Waals surface area contributed by atoms with Crippen LogP contribution in [0.1, 0.15) is 26.2 Å². The largest absolute Gasteiger partial charge is 0.378 e. The number of piperidine rings is 2. The van der Waals surface area contributed by atoms with Gasteiger partial charge in [-0.2, -0.15) is 4.98 Å². The molecule has 3 aliphatic rings. The molecule has 0 aromatic carbocycles. The number of rotatable bonds is 7. The SMILES string of the molecule is CO[C@@H]1CCN(c2nccc(Nc3nccc(Sc4cnc(N5CCC6(CC5)CO[C@@H](C)[C@H]6N)cn4)c3Cl)n2)C[C@@H]1F.Cl. The Balaban J connectivity index is 0.00000368. The Bertz CT molecular complexity index is 1390. The van der Waals surface area contributed by atoms with Gasteiger partial charge in [-0.15, -0.1) is 12.4 Å². The van der Waals surface area contributed by atoms with E-state index in [1.165, 1.54) is 18.9 Å². The van der Waals surface area contributed by atoms with Gasteiger partial charge in [0.15, 0.2) is 5.82 Å². The molecular formula is C28H36Cl2FN9O2S. The van der Waals surface area contributed by atoms with E-state index in [0.717, 1.165) is 48.3 Å². The molecule has 232 valence electrons. The minimum atomic E-state index is -1.10. The van der Waals surface area contributed by atoms with E-state index < -0.39 is 12.3 Å². The summed E-state index contributed by atoms with van der Waals surface area (Å²) < 4.78 is 25.5. The number of anilines is 4. The van der Waals surface area contributed by atoms with Crippen LogP contribution >= 0.6 is 35.8 Å². The van der Waals surface area contributed by atoms with E-state index in [1.54, 1.807) is 24.7 Å². The van der Waals surface area contributed by atoms with Gasteiger partial charge in [-0.3, -0.25) is 0 Å². The van der Waals surface area contributed by atoms with Crippen LogP contribution in [0.15, 0.2) is 46.8 Å². The number of ether oxygens (including phenoxy) is 2. The number of hydrogen-bond acceptors (Lipinski definition) is 12. The maximum atomic E-state index is 14.4. The first kappa shape index (κ1) is 31.9. The minimum absolute atomic E-state index is 0. The molecule has 3 aliphatic heterocycles. The monoisotopic (exact) mass is 651 g/mol. The molecule has 6 heterocycles. The molecule has 3 aromatic rings. The van der Waals surface area contributed by atoms with Crippen molar-refractivity contribution in [3.8, 4) is 0 Å². The van der Waals surface area contributed by atoms with E-state index >= 15 is 0 Å². The number of pyridine rings is 1. The smallest absolute Gasteiger partial charge is 0.227 e. The molecular weight excluding hydrogens is 616 g/mol. The lowest BCUT2D eigenvalue weighted by atomic mass is 9.73. The number of aromatic nitrogens is 5. The number of nitrogens with two attached hydrogens (primary N) is 1. The molecule has 0 bridgehead atoms. The number of nitrogens with zero attached hydrogens (tertiary/aromatic N) is 7. The number of methoxy groups -OCH3 is 1. The van der Waals surface area contributed by atoms with Crippen LogP contribution in [0.4, 0.5) is 27.8 Å². The van der Waals surface area contributed by atoms with E-state index in [-0.39, 0.29) is 36.5 Å². The van der Waals surface area contributed by atoms with Crippen molar-refractivity contribution in [2.45, 2.75) is 60.5 Å². The Hall–Kier alpha value is -2.55. The van der Waals surface area contributed by atoms with Gasteiger partial charge in [0.05, 0.1) is 42.8 Å². The maximum absolute atomic E-state index is 14.4. The fraction of sp³-hybridized carbons (Fsp3) is 0.536. The second-order valence-corrected chi connectivity index (χ2v) is 12.5. The van der Waals surface area contributed by atoms with Gasteiger partial charge >= 0.3 is 0 Å². The number of nitrogens with one attached hydrogen (secondary N) is 1. The summed E-state index contributed by atoms with van der Waals surface area (Å²) in [6.45, 7) is 5.33. The van der Waals surface area contributed by atoms with E-state index in [9.17, 15) is 4.39 Å². The first-order chi connectivity index (χ1) is 20.3. The summed E-state index contributed by atoms with van der Waals surface area (Å²) in [5, 5.41) is 4.33. The molecule has 15 heteroatoms. The van der Waals surface area contributed by atoms with Crippen molar-refractivity contribution in [3.63, 3.8) is 0 Å². The number of halogens is 3. The molecule has 11 nitrogen and oxygen atoms in total. The maximum Gasteiger partial charge on any atom is 0.227 e. The molecule has 0 radical (unpaired) electrons. The fourth-order valence-electron chi connectivity index (χ4n) is 5.91. The predicted octanol–water partition coefficient (Wildman–Crippen LogP) is 4.53. The average molecular weight is 653 g/mol. The zero-order valence-electron chi connectivity index (χ0n) is 24.0. The van der Waals surface area contributed by atoms with Crippen LogP contribution in [-0.2, 0) is 9.47 Å². The Morgan fingerprint density at radius 3 is 2.58 bits per heavy atom. The standard InChI is InChI=1S/C28H35ClFN9O2S.ClH/c1-17-25(31)28(16-41-17)6-11-38(12-7-28)22-13-35-23(14-34-22)42-20-3-8-32-26(24(20)29)36-21-4-9-33-27(37-21)39-10-5-19(40-2)18(30)15-39;/h3-4,8-9,13-14,17-19,25H,5-7,10-12,15-16,31H2,1-2H3,(H,32,33,36,37);1H/t17-,18-,19+,25+;/m0./s1. The van der Waals surface area contributed by atoms with Gasteiger partial charge in [0.25, 0.3) is 0 Å². The Kier molecular flexibility index (Phi) is 10.1. The summed E-state index contributed by atoms with van der Waals surface area (Å²) >= 11 is 8.15. The zero-order chi connectivity index (χ0) is 29.3. The highest BCUT2D eigenvalue weighted by molar-refractivity contribution is 7.99. The van der Waals surface area contributed by atoms with Gasteiger partial charge in [0, 0.05) is 55.5 Å². The van der Waals surface area contributed by atoms with Crippen LogP contribution in [0.3, 0.4) is 0 Å². The second-order valence-electron chi connectivity index (χ2n) is 11.1. The summed E-state index contributed by atoms with van der Waals surface area (Å²) in [5.41, 5.74) is 6.53. The van der Waals surface area contributed by atoms with Gasteiger partial charge in [0.1, 0.15) is 22.8 Å². The third kappa shape index (κ3) is 6.76. The predicted molar refractivity (Wildman–Crippen MR) is 168 cm³/mol. The molecule has 0 saturated carbocycles. The fourth-order valence-corrected chi connectivity index (χ4v) is 6.93. The lowest BCUT2D eigenvalue weighted by Gasteiger charge is -2.41. The highest BCUT2D eigenvalue weighted by Gasteiger charge is 2.47. The molecule has 0 unspecified atom stereocenters. The van der Waals surface area contributed by atoms with Crippen LogP contribution in [0.2, 0.25) is 5.02 Å². The van der Waals surface area contributed by atoms with Crippen LogP contribution in [0.25, 0.3) is 0 Å². The topological polar surface area (TPSA) is 127 Å². The molecule has 0 amide bonds. The van der Waals surface area contributed by atoms with Crippen molar-refractivity contribution in [2.24, 2.45) is 11.1 Å². The highest BCUT2D eigenvalue weighted by atomic mass is 35.5. The summed E-state index contributed by atoms with van der Waals surface area (Å²) in [6.07, 6.45) is 8.00. The minimum Gasteiger partial charge on any atom is -0.378 e. The lowest BCUT2D eigenvalue weighted by molar-refractivity contribution is 0.0194. The molecule has 3 N–H and O–H groups in total. The third-order valence-corrected chi connectivity index (χ3v) is 10.0. The van der Waals surface area contributed by atoms with Gasteiger partial charge in [-0.1, -0.05) is 23.4 Å². The van der Waals surface area contributed by atoms with Crippen molar-refractivity contribution in [1.82, 2.24) is 24.9 Å². The second kappa shape index (κ2) is 13.6. The molecule has 0 aliphatic carbocycles. The Labute approximate surface area is 265 Å². The molecule has 6 rings (SSSR count). The number of hydrogen-bond donors (Lipinski definition) is 2. The van der Waals surface area contributed by atoms with Crippen molar-refractivity contribution < 1.29 is 13.9 Å². The molecule has 1 spiro atoms. The van der Waals surface area contributed by atoms with Gasteiger partial charge in [0.2, 0.25) is 5.95 Å². The quantitative estimate of drug-likeness (QED) is 0.373. The highest BCUT2D eigenvalue weighted by Crippen LogP contribution is 2.42. The lowest BCUT2D eigenvalue weighted by Crippen LogP contribution is -2.50. The van der Waals surface area contributed by atoms with Gasteiger partial charge in [-0.25, -0.2) is 24.3 Å². The summed E-state index contributed by atoms with van der Waals surface area (Å²) in [7, 11) is 1.53. The number of alkyl halides is 1. The average Bonchev–Trinajstić information content (AvgIpc) is 3.28. The van der Waals surface area contributed by atoms with E-state index in [0.29, 0.717) is 35.6 Å². The van der Waals surface area contributed by atoms with Gasteiger partial charge < -0.3 is 30.3 Å². The van der Waals surface area contributed by atoms with Crippen LogP contribution in [0, 0.1) is 5.41 Å². The van der Waals surface area contributed by atoms with Crippen molar-refractivity contribution in [1.29, 1.82) is 0 Å². The van der Waals surface area contributed by atoms with E-state index in [4.69, 9.17) is 26.8 Å². The van der Waals surface area contributed by atoms with Crippen LogP contribution < -0.4 is 20.9 Å². The van der Waals surface area contributed by atoms with Crippen LogP contribution in [-0.4, -0.2) is 89.2 Å². The molecule has 43 heavy (non-hydrogen) atoms. The van der Waals surface area contributed by atoms with E-state index in [2.05, 4.69) is 42.1 Å². The molecule has 3 fully saturated rings. The van der Waals surface area contributed by atoms with Crippen molar-refractivity contribution >= 4 is 59.2 Å². The Morgan fingerprint density at radius 1 is 1.12 bits per heavy atom. The molecule has 3 saturated heterocycles. The summed E-state index contributed by atoms with van der Waals surface area (Å²) in [4.78, 5) is 27.5. The molecule has 4 atom stereocenters. The third-order valence-electron chi connectivity index (χ3n) is 8.57. The summed E-state index contributed by atoms with van der Waals surface area (Å²) in [6, 6.07) is 3.63. The van der Waals surface area contributed by atoms with Gasteiger partial charge in [-0.05, 0) is 38.3 Å². The zero-order valence-corrected chi connectivity index (χ0v) is 26.4. The Morgan fingerprint density at radius 2 is 1.91 bits per heavy atom. The van der Waals surface area contributed by atoms with E-state index in [1.807, 2.05) is 17.2 Å². The normalized spacial score (nSPS) is 25.0.